The summed E-state index contributed by atoms with van der Waals surface area (Å²) in [5.41, 5.74) is 0.0487. The lowest BCUT2D eigenvalue weighted by Crippen LogP contribution is -2.36. The second kappa shape index (κ2) is 4.61. The van der Waals surface area contributed by atoms with Crippen LogP contribution in [0.2, 0.25) is 0 Å². The number of likely N-dealkylation sites (tertiary alicyclic amines) is 1. The lowest BCUT2D eigenvalue weighted by Gasteiger charge is -2.09. The highest BCUT2D eigenvalue weighted by Gasteiger charge is 2.35. The predicted molar refractivity (Wildman–Crippen MR) is 58.7 cm³/mol. The Bertz CT molecular complexity index is 507. The van der Waals surface area contributed by atoms with Crippen LogP contribution < -0.4 is 5.32 Å². The van der Waals surface area contributed by atoms with E-state index in [2.05, 4.69) is 5.32 Å². The van der Waals surface area contributed by atoms with E-state index in [-0.39, 0.29) is 36.1 Å². The zero-order valence-electron chi connectivity index (χ0n) is 9.67. The van der Waals surface area contributed by atoms with Crippen molar-refractivity contribution in [2.24, 2.45) is 0 Å². The summed E-state index contributed by atoms with van der Waals surface area (Å²) in [5, 5.41) is 11.7. The number of hydrogen-bond donors (Lipinski definition) is 2. The Morgan fingerprint density at radius 2 is 2.33 bits per heavy atom. The van der Waals surface area contributed by atoms with Gasteiger partial charge in [0, 0.05) is 7.05 Å². The molecule has 0 radical (unpaired) electrons. The van der Waals surface area contributed by atoms with E-state index in [1.165, 1.54) is 19.4 Å². The molecule has 18 heavy (non-hydrogen) atoms. The standard InChI is InChI=1S/C11H12N2O5/c1-13-9(14)4-7(10(13)15)12-5-8-6(11(16)17)2-3-18-8/h2-3,7,12H,4-5H2,1H3,(H,16,17). The van der Waals surface area contributed by atoms with Gasteiger partial charge in [-0.2, -0.15) is 0 Å². The molecular formula is C11H12N2O5. The van der Waals surface area contributed by atoms with Crippen molar-refractivity contribution in [1.29, 1.82) is 0 Å². The predicted octanol–water partition coefficient (Wildman–Crippen LogP) is -0.175. The third kappa shape index (κ3) is 2.12. The van der Waals surface area contributed by atoms with E-state index < -0.39 is 12.0 Å². The molecule has 2 rings (SSSR count). The smallest absolute Gasteiger partial charge is 0.339 e. The Morgan fingerprint density at radius 1 is 1.61 bits per heavy atom. The van der Waals surface area contributed by atoms with Crippen LogP contribution in [0.5, 0.6) is 0 Å². The van der Waals surface area contributed by atoms with Crippen LogP contribution in [-0.4, -0.2) is 40.9 Å². The summed E-state index contributed by atoms with van der Waals surface area (Å²) in [5.74, 6) is -1.43. The molecule has 1 aromatic heterocycles. The second-order valence-electron chi connectivity index (χ2n) is 3.99. The van der Waals surface area contributed by atoms with Gasteiger partial charge in [0.1, 0.15) is 11.3 Å². The number of carboxylic acids is 1. The molecule has 1 atom stereocenters. The fraction of sp³-hybridized carbons (Fsp3) is 0.364. The first-order valence-electron chi connectivity index (χ1n) is 5.34. The monoisotopic (exact) mass is 252 g/mol. The van der Waals surface area contributed by atoms with E-state index in [0.29, 0.717) is 0 Å². The number of aromatic carboxylic acids is 1. The second-order valence-corrected chi connectivity index (χ2v) is 3.99. The van der Waals surface area contributed by atoms with Gasteiger partial charge in [-0.15, -0.1) is 0 Å². The number of nitrogens with zero attached hydrogens (tertiary/aromatic N) is 1. The number of likely N-dealkylation sites (N-methyl/N-ethyl adjacent to an activating group) is 1. The SMILES string of the molecule is CN1C(=O)CC(NCc2occc2C(=O)O)C1=O. The largest absolute Gasteiger partial charge is 0.478 e. The van der Waals surface area contributed by atoms with E-state index in [9.17, 15) is 14.4 Å². The molecule has 2 heterocycles. The number of carbonyl (C=O) groups excluding carboxylic acids is 2. The molecular weight excluding hydrogens is 240 g/mol. The van der Waals surface area contributed by atoms with Crippen molar-refractivity contribution in [3.05, 3.63) is 23.7 Å². The molecule has 0 aliphatic carbocycles. The fourth-order valence-corrected chi connectivity index (χ4v) is 1.80. The van der Waals surface area contributed by atoms with Crippen LogP contribution in [0.1, 0.15) is 22.5 Å². The molecule has 96 valence electrons. The first-order chi connectivity index (χ1) is 8.50. The minimum Gasteiger partial charge on any atom is -0.478 e. The first-order valence-corrected chi connectivity index (χ1v) is 5.34. The Morgan fingerprint density at radius 3 is 2.89 bits per heavy atom. The highest BCUT2D eigenvalue weighted by Crippen LogP contribution is 2.14. The van der Waals surface area contributed by atoms with Gasteiger partial charge in [0.25, 0.3) is 0 Å². The van der Waals surface area contributed by atoms with Gasteiger partial charge in [-0.3, -0.25) is 19.8 Å². The van der Waals surface area contributed by atoms with Gasteiger partial charge >= 0.3 is 5.97 Å². The number of amides is 2. The third-order valence-corrected chi connectivity index (χ3v) is 2.87. The molecule has 0 bridgehead atoms. The summed E-state index contributed by atoms with van der Waals surface area (Å²) in [6.07, 6.45) is 1.35. The van der Waals surface area contributed by atoms with E-state index >= 15 is 0 Å². The average molecular weight is 252 g/mol. The molecule has 0 spiro atoms. The number of imide groups is 1. The van der Waals surface area contributed by atoms with Crippen LogP contribution >= 0.6 is 0 Å². The van der Waals surface area contributed by atoms with Crippen LogP contribution in [0.4, 0.5) is 0 Å². The third-order valence-electron chi connectivity index (χ3n) is 2.87. The van der Waals surface area contributed by atoms with Crippen molar-refractivity contribution in [1.82, 2.24) is 10.2 Å². The quantitative estimate of drug-likeness (QED) is 0.721. The molecule has 7 nitrogen and oxygen atoms in total. The molecule has 1 saturated heterocycles. The van der Waals surface area contributed by atoms with Crippen molar-refractivity contribution < 1.29 is 23.9 Å². The van der Waals surface area contributed by atoms with Crippen LogP contribution in [0, 0.1) is 0 Å². The fourth-order valence-electron chi connectivity index (χ4n) is 1.80. The number of carbonyl (C=O) groups is 3. The van der Waals surface area contributed by atoms with Gasteiger partial charge in [-0.1, -0.05) is 0 Å². The van der Waals surface area contributed by atoms with Crippen LogP contribution in [-0.2, 0) is 16.1 Å². The van der Waals surface area contributed by atoms with E-state index in [1.54, 1.807) is 0 Å². The van der Waals surface area contributed by atoms with Crippen molar-refractivity contribution >= 4 is 17.8 Å². The van der Waals surface area contributed by atoms with Gasteiger partial charge in [0.15, 0.2) is 0 Å². The number of carboxylic acid groups (broad SMARTS) is 1. The van der Waals surface area contributed by atoms with Gasteiger partial charge in [0.2, 0.25) is 11.8 Å². The Labute approximate surface area is 102 Å². The molecule has 1 unspecified atom stereocenters. The molecule has 0 aromatic carbocycles. The van der Waals surface area contributed by atoms with Gasteiger partial charge in [0.05, 0.1) is 25.3 Å². The number of furan rings is 1. The normalized spacial score (nSPS) is 19.6. The molecule has 0 saturated carbocycles. The Balaban J connectivity index is 2.00. The van der Waals surface area contributed by atoms with E-state index in [1.807, 2.05) is 0 Å². The van der Waals surface area contributed by atoms with E-state index in [4.69, 9.17) is 9.52 Å². The molecule has 1 aliphatic heterocycles. The lowest BCUT2D eigenvalue weighted by molar-refractivity contribution is -0.137. The molecule has 1 aliphatic rings. The highest BCUT2D eigenvalue weighted by molar-refractivity contribution is 6.05. The van der Waals surface area contributed by atoms with Crippen molar-refractivity contribution in [3.63, 3.8) is 0 Å². The van der Waals surface area contributed by atoms with Crippen molar-refractivity contribution in [3.8, 4) is 0 Å². The summed E-state index contributed by atoms with van der Waals surface area (Å²) in [4.78, 5) is 34.8. The van der Waals surface area contributed by atoms with Gasteiger partial charge < -0.3 is 9.52 Å². The summed E-state index contributed by atoms with van der Waals surface area (Å²) in [6.45, 7) is 0.0894. The van der Waals surface area contributed by atoms with E-state index in [0.717, 1.165) is 4.90 Å². The maximum absolute atomic E-state index is 11.6. The van der Waals surface area contributed by atoms with Crippen LogP contribution in [0.25, 0.3) is 0 Å². The molecule has 7 heteroatoms. The van der Waals surface area contributed by atoms with Crippen molar-refractivity contribution in [2.45, 2.75) is 19.0 Å². The lowest BCUT2D eigenvalue weighted by atomic mass is 10.2. The highest BCUT2D eigenvalue weighted by atomic mass is 16.4. The van der Waals surface area contributed by atoms with Gasteiger partial charge in [-0.05, 0) is 6.07 Å². The number of nitrogens with one attached hydrogen (secondary N) is 1. The van der Waals surface area contributed by atoms with Gasteiger partial charge in [-0.25, -0.2) is 4.79 Å². The summed E-state index contributed by atoms with van der Waals surface area (Å²) in [6, 6.07) is 0.724. The zero-order chi connectivity index (χ0) is 13.3. The van der Waals surface area contributed by atoms with Crippen LogP contribution in [0.15, 0.2) is 16.7 Å². The number of rotatable bonds is 4. The topological polar surface area (TPSA) is 99.8 Å². The zero-order valence-corrected chi connectivity index (χ0v) is 9.67. The maximum Gasteiger partial charge on any atom is 0.339 e. The number of hydrogen-bond acceptors (Lipinski definition) is 5. The Hall–Kier alpha value is -2.15. The van der Waals surface area contributed by atoms with Crippen LogP contribution in [0.3, 0.4) is 0 Å². The van der Waals surface area contributed by atoms with Crippen molar-refractivity contribution in [2.75, 3.05) is 7.05 Å². The first kappa shape index (κ1) is 12.3. The molecule has 2 amide bonds. The Kier molecular flexibility index (Phi) is 3.15. The molecule has 1 fully saturated rings. The molecule has 2 N–H and O–H groups in total. The average Bonchev–Trinajstić information content (AvgIpc) is 2.88. The summed E-state index contributed by atoms with van der Waals surface area (Å²) in [7, 11) is 1.42. The molecule has 1 aromatic rings. The maximum atomic E-state index is 11.6. The minimum absolute atomic E-state index is 0.0487. The summed E-state index contributed by atoms with van der Waals surface area (Å²) < 4.78 is 5.02. The minimum atomic E-state index is -1.09. The summed E-state index contributed by atoms with van der Waals surface area (Å²) >= 11 is 0.